The van der Waals surface area contributed by atoms with Crippen molar-refractivity contribution in [2.24, 2.45) is 0 Å². The van der Waals surface area contributed by atoms with Gasteiger partial charge in [0, 0.05) is 5.02 Å². The van der Waals surface area contributed by atoms with E-state index in [-0.39, 0.29) is 17.8 Å². The Hall–Kier alpha value is -3.72. The predicted octanol–water partition coefficient (Wildman–Crippen LogP) is 4.95. The van der Waals surface area contributed by atoms with E-state index in [4.69, 9.17) is 37.1 Å². The van der Waals surface area contributed by atoms with Gasteiger partial charge in [0.2, 0.25) is 0 Å². The van der Waals surface area contributed by atoms with E-state index in [1.54, 1.807) is 86.6 Å². The maximum Gasteiger partial charge on any atom is 0.335 e. The first kappa shape index (κ1) is 31.3. The minimum Gasteiger partial charge on any atom is -0.478 e. The van der Waals surface area contributed by atoms with Crippen LogP contribution in [0.4, 0.5) is 0 Å². The van der Waals surface area contributed by atoms with Crippen LogP contribution in [0.5, 0.6) is 0 Å². The summed E-state index contributed by atoms with van der Waals surface area (Å²) < 4.78 is 0. The molecule has 35 heavy (non-hydrogen) atoms. The van der Waals surface area contributed by atoms with Gasteiger partial charge in [0.25, 0.3) is 0 Å². The molecule has 0 amide bonds. The lowest BCUT2D eigenvalue weighted by Crippen LogP contribution is -2.10. The largest absolute Gasteiger partial charge is 0.478 e. The highest BCUT2D eigenvalue weighted by Crippen LogP contribution is 2.08. The van der Waals surface area contributed by atoms with E-state index in [2.05, 4.69) is 0 Å². The SMILES string of the molecule is CC(O)CC(C)O.O=C(O)c1ccc(Cl)cc1.O=C(O)c1ccccc1.O=C(O)c1ccccc1. The lowest BCUT2D eigenvalue weighted by atomic mass is 10.2. The monoisotopic (exact) mass is 504 g/mol. The van der Waals surface area contributed by atoms with E-state index in [1.165, 1.54) is 12.1 Å². The predicted molar refractivity (Wildman–Crippen MR) is 133 cm³/mol. The van der Waals surface area contributed by atoms with Crippen molar-refractivity contribution < 1.29 is 39.9 Å². The fraction of sp³-hybridized carbons (Fsp3) is 0.192. The Balaban J connectivity index is 0.000000444. The molecular weight excluding hydrogens is 476 g/mol. The molecule has 2 unspecified atom stereocenters. The average molecular weight is 505 g/mol. The molecule has 0 aliphatic rings. The van der Waals surface area contributed by atoms with E-state index in [1.807, 2.05) is 0 Å². The molecule has 9 heteroatoms. The van der Waals surface area contributed by atoms with Crippen LogP contribution in [0.3, 0.4) is 0 Å². The van der Waals surface area contributed by atoms with Crippen LogP contribution in [-0.4, -0.2) is 55.6 Å². The smallest absolute Gasteiger partial charge is 0.335 e. The van der Waals surface area contributed by atoms with Gasteiger partial charge in [0.15, 0.2) is 0 Å². The number of rotatable bonds is 5. The molecular formula is C26H29ClO8. The molecule has 3 aromatic carbocycles. The summed E-state index contributed by atoms with van der Waals surface area (Å²) in [6, 6.07) is 22.6. The maximum absolute atomic E-state index is 10.3. The first-order chi connectivity index (χ1) is 16.4. The number of aliphatic hydroxyl groups excluding tert-OH is 2. The number of hydrogen-bond acceptors (Lipinski definition) is 5. The molecule has 0 spiro atoms. The van der Waals surface area contributed by atoms with Crippen molar-refractivity contribution in [2.45, 2.75) is 32.5 Å². The molecule has 0 aromatic heterocycles. The zero-order valence-corrected chi connectivity index (χ0v) is 20.0. The van der Waals surface area contributed by atoms with Gasteiger partial charge < -0.3 is 25.5 Å². The zero-order valence-electron chi connectivity index (χ0n) is 19.3. The summed E-state index contributed by atoms with van der Waals surface area (Å²) in [7, 11) is 0. The molecule has 0 heterocycles. The van der Waals surface area contributed by atoms with Gasteiger partial charge in [-0.1, -0.05) is 48.0 Å². The molecule has 5 N–H and O–H groups in total. The second-order valence-electron chi connectivity index (χ2n) is 7.09. The average Bonchev–Trinajstić information content (AvgIpc) is 2.81. The van der Waals surface area contributed by atoms with Crippen LogP contribution in [0.1, 0.15) is 51.3 Å². The Bertz CT molecular complexity index is 949. The summed E-state index contributed by atoms with van der Waals surface area (Å²) in [6.45, 7) is 3.32. The van der Waals surface area contributed by atoms with Gasteiger partial charge in [-0.3, -0.25) is 0 Å². The van der Waals surface area contributed by atoms with Gasteiger partial charge in [0.05, 0.1) is 28.9 Å². The fourth-order valence-electron chi connectivity index (χ4n) is 2.25. The molecule has 0 bridgehead atoms. The van der Waals surface area contributed by atoms with Crippen LogP contribution in [0.15, 0.2) is 84.9 Å². The molecule has 0 aliphatic heterocycles. The summed E-state index contributed by atoms with van der Waals surface area (Å²) in [5, 5.41) is 42.9. The number of aromatic carboxylic acids is 3. The number of carboxylic acids is 3. The fourth-order valence-corrected chi connectivity index (χ4v) is 2.37. The van der Waals surface area contributed by atoms with E-state index >= 15 is 0 Å². The van der Waals surface area contributed by atoms with Crippen molar-refractivity contribution >= 4 is 29.5 Å². The molecule has 0 fully saturated rings. The van der Waals surface area contributed by atoms with Crippen LogP contribution < -0.4 is 0 Å². The number of carbonyl (C=O) groups is 3. The Labute approximate surface area is 208 Å². The second-order valence-corrected chi connectivity index (χ2v) is 7.52. The standard InChI is InChI=1S/C7H5ClO2.2C7H6O2.C5H12O2/c8-6-3-1-5(2-4-6)7(9)10;2*8-7(9)6-4-2-1-3-5-6;1-4(6)3-5(2)7/h1-4H,(H,9,10);2*1-5H,(H,8,9);4-7H,3H2,1-2H3. The molecule has 0 radical (unpaired) electrons. The third-order valence-electron chi connectivity index (χ3n) is 3.81. The van der Waals surface area contributed by atoms with Gasteiger partial charge in [-0.05, 0) is 68.8 Å². The van der Waals surface area contributed by atoms with Crippen molar-refractivity contribution in [1.29, 1.82) is 0 Å². The van der Waals surface area contributed by atoms with E-state index in [0.29, 0.717) is 22.6 Å². The Morgan fingerprint density at radius 1 is 0.600 bits per heavy atom. The van der Waals surface area contributed by atoms with Crippen LogP contribution in [-0.2, 0) is 0 Å². The van der Waals surface area contributed by atoms with E-state index < -0.39 is 17.9 Å². The summed E-state index contributed by atoms with van der Waals surface area (Å²) in [5.41, 5.74) is 0.916. The first-order valence-corrected chi connectivity index (χ1v) is 10.7. The van der Waals surface area contributed by atoms with Crippen molar-refractivity contribution in [3.63, 3.8) is 0 Å². The van der Waals surface area contributed by atoms with Crippen LogP contribution in [0.25, 0.3) is 0 Å². The van der Waals surface area contributed by atoms with Crippen molar-refractivity contribution in [2.75, 3.05) is 0 Å². The summed E-state index contributed by atoms with van der Waals surface area (Å²) in [6.07, 6.45) is -0.278. The minimum atomic E-state index is -0.934. The molecule has 0 aliphatic carbocycles. The highest BCUT2D eigenvalue weighted by Gasteiger charge is 2.00. The lowest BCUT2D eigenvalue weighted by Gasteiger charge is -2.04. The quantitative estimate of drug-likeness (QED) is 0.327. The molecule has 8 nitrogen and oxygen atoms in total. The number of carboxylic acid groups (broad SMARTS) is 3. The molecule has 0 saturated carbocycles. The van der Waals surface area contributed by atoms with Gasteiger partial charge in [-0.2, -0.15) is 0 Å². The molecule has 3 rings (SSSR count). The van der Waals surface area contributed by atoms with Gasteiger partial charge >= 0.3 is 17.9 Å². The third kappa shape index (κ3) is 16.5. The van der Waals surface area contributed by atoms with Gasteiger partial charge in [-0.15, -0.1) is 0 Å². The Morgan fingerprint density at radius 2 is 0.886 bits per heavy atom. The summed E-state index contributed by atoms with van der Waals surface area (Å²) in [4.78, 5) is 30.7. The number of hydrogen-bond donors (Lipinski definition) is 5. The number of halogens is 1. The van der Waals surface area contributed by atoms with Crippen molar-refractivity contribution in [3.05, 3.63) is 107 Å². The second kappa shape index (κ2) is 17.7. The topological polar surface area (TPSA) is 152 Å². The zero-order chi connectivity index (χ0) is 26.8. The van der Waals surface area contributed by atoms with Crippen LogP contribution in [0.2, 0.25) is 5.02 Å². The number of benzene rings is 3. The highest BCUT2D eigenvalue weighted by molar-refractivity contribution is 6.30. The molecule has 2 atom stereocenters. The number of aliphatic hydroxyl groups is 2. The summed E-state index contributed by atoms with van der Waals surface area (Å²) >= 11 is 5.52. The molecule has 3 aromatic rings. The minimum absolute atomic E-state index is 0.254. The highest BCUT2D eigenvalue weighted by atomic mass is 35.5. The Kier molecular flexibility index (Phi) is 15.8. The summed E-state index contributed by atoms with van der Waals surface area (Å²) in [5.74, 6) is -2.69. The first-order valence-electron chi connectivity index (χ1n) is 10.4. The van der Waals surface area contributed by atoms with E-state index in [9.17, 15) is 14.4 Å². The molecule has 188 valence electrons. The van der Waals surface area contributed by atoms with Crippen molar-refractivity contribution in [1.82, 2.24) is 0 Å². The van der Waals surface area contributed by atoms with Crippen LogP contribution in [0, 0.1) is 0 Å². The lowest BCUT2D eigenvalue weighted by molar-refractivity contribution is 0.0686. The maximum atomic E-state index is 10.3. The van der Waals surface area contributed by atoms with Gasteiger partial charge in [-0.25, -0.2) is 14.4 Å². The Morgan fingerprint density at radius 3 is 1.09 bits per heavy atom. The van der Waals surface area contributed by atoms with E-state index in [0.717, 1.165) is 0 Å². The van der Waals surface area contributed by atoms with Crippen LogP contribution >= 0.6 is 11.6 Å². The normalized spacial score (nSPS) is 11.0. The van der Waals surface area contributed by atoms with Gasteiger partial charge in [0.1, 0.15) is 0 Å². The third-order valence-corrected chi connectivity index (χ3v) is 4.07. The molecule has 0 saturated heterocycles. The van der Waals surface area contributed by atoms with Crippen molar-refractivity contribution in [3.8, 4) is 0 Å².